The summed E-state index contributed by atoms with van der Waals surface area (Å²) in [5.74, 6) is 1.54. The van der Waals surface area contributed by atoms with Gasteiger partial charge in [0.25, 0.3) is 0 Å². The molecule has 0 saturated carbocycles. The molecule has 0 spiro atoms. The van der Waals surface area contributed by atoms with Gasteiger partial charge < -0.3 is 9.64 Å². The summed E-state index contributed by atoms with van der Waals surface area (Å²) in [5.41, 5.74) is 4.08. The summed E-state index contributed by atoms with van der Waals surface area (Å²) < 4.78 is 7.00. The number of ketones is 1. The Morgan fingerprint density at radius 2 is 1.88 bits per heavy atom. The Kier molecular flexibility index (Phi) is 4.07. The number of fused-ring (bicyclic) bond motifs is 1. The van der Waals surface area contributed by atoms with Crippen molar-refractivity contribution in [1.29, 1.82) is 0 Å². The van der Waals surface area contributed by atoms with E-state index >= 15 is 0 Å². The monoisotopic (exact) mass is 337 g/mol. The van der Waals surface area contributed by atoms with Gasteiger partial charge in [-0.1, -0.05) is 0 Å². The van der Waals surface area contributed by atoms with Gasteiger partial charge >= 0.3 is 0 Å². The quantitative estimate of drug-likeness (QED) is 0.859. The fourth-order valence-electron chi connectivity index (χ4n) is 3.85. The molecule has 3 heterocycles. The largest absolute Gasteiger partial charge is 0.497 e. The summed E-state index contributed by atoms with van der Waals surface area (Å²) in [7, 11) is 1.69. The zero-order valence-corrected chi connectivity index (χ0v) is 14.7. The van der Waals surface area contributed by atoms with Gasteiger partial charge in [0.1, 0.15) is 11.4 Å². The van der Waals surface area contributed by atoms with Crippen molar-refractivity contribution in [1.82, 2.24) is 9.78 Å². The van der Waals surface area contributed by atoms with E-state index in [-0.39, 0.29) is 5.78 Å². The number of piperidine rings is 1. The number of anilines is 1. The Bertz CT molecular complexity index is 812. The number of benzene rings is 1. The molecular weight excluding hydrogens is 314 g/mol. The molecule has 0 N–H and O–H groups in total. The zero-order chi connectivity index (χ0) is 17.4. The third-order valence-corrected chi connectivity index (χ3v) is 5.25. The molecule has 1 aromatic carbocycles. The van der Waals surface area contributed by atoms with Crippen LogP contribution < -0.4 is 9.64 Å². The molecule has 1 aromatic heterocycles. The first-order valence-corrected chi connectivity index (χ1v) is 8.83. The van der Waals surface area contributed by atoms with Gasteiger partial charge in [-0.3, -0.25) is 4.79 Å². The number of ether oxygens (including phenoxy) is 1. The third-order valence-electron chi connectivity index (χ3n) is 5.25. The molecule has 5 heteroatoms. The van der Waals surface area contributed by atoms with E-state index in [9.17, 15) is 4.79 Å². The van der Waals surface area contributed by atoms with Crippen LogP contribution in [0.5, 0.6) is 5.75 Å². The van der Waals surface area contributed by atoms with E-state index in [0.717, 1.165) is 43.1 Å². The second-order valence-electron chi connectivity index (χ2n) is 6.88. The minimum absolute atomic E-state index is 0.190. The van der Waals surface area contributed by atoms with E-state index in [1.807, 2.05) is 25.1 Å². The molecule has 0 amide bonds. The van der Waals surface area contributed by atoms with E-state index in [0.29, 0.717) is 12.3 Å². The highest BCUT2D eigenvalue weighted by Gasteiger charge is 2.28. The van der Waals surface area contributed by atoms with Crippen molar-refractivity contribution in [3.8, 4) is 5.75 Å². The van der Waals surface area contributed by atoms with Crippen molar-refractivity contribution in [3.05, 3.63) is 47.3 Å². The lowest BCUT2D eigenvalue weighted by Crippen LogP contribution is -2.35. The molecule has 1 fully saturated rings. The van der Waals surface area contributed by atoms with Crippen LogP contribution in [0.25, 0.3) is 6.20 Å². The predicted octanol–water partition coefficient (Wildman–Crippen LogP) is 3.54. The minimum atomic E-state index is 0.190. The number of rotatable bonds is 3. The van der Waals surface area contributed by atoms with E-state index < -0.39 is 0 Å². The smallest absolute Gasteiger partial charge is 0.185 e. The molecule has 5 nitrogen and oxygen atoms in total. The maximum Gasteiger partial charge on any atom is 0.185 e. The average molecular weight is 337 g/mol. The van der Waals surface area contributed by atoms with Crippen molar-refractivity contribution >= 4 is 17.7 Å². The summed E-state index contributed by atoms with van der Waals surface area (Å²) in [4.78, 5) is 14.8. The Labute approximate surface area is 147 Å². The molecular formula is C20H23N3O2. The fraction of sp³-hybridized carbons (Fsp3) is 0.400. The van der Waals surface area contributed by atoms with E-state index in [2.05, 4.69) is 28.3 Å². The molecule has 130 valence electrons. The number of carbonyl (C=O) groups is 1. The van der Waals surface area contributed by atoms with Crippen LogP contribution in [0.3, 0.4) is 0 Å². The Morgan fingerprint density at radius 3 is 2.56 bits per heavy atom. The summed E-state index contributed by atoms with van der Waals surface area (Å²) in [6, 6.07) is 10.1. The van der Waals surface area contributed by atoms with Crippen LogP contribution in [-0.4, -0.2) is 35.8 Å². The van der Waals surface area contributed by atoms with Gasteiger partial charge in [-0.15, -0.1) is 0 Å². The van der Waals surface area contributed by atoms with Crippen molar-refractivity contribution in [3.63, 3.8) is 0 Å². The Balaban J connectivity index is 1.45. The van der Waals surface area contributed by atoms with Crippen LogP contribution in [0.15, 0.2) is 35.9 Å². The van der Waals surface area contributed by atoms with Crippen LogP contribution in [0.2, 0.25) is 0 Å². The second kappa shape index (κ2) is 6.39. The number of nitrogens with zero attached hydrogens (tertiary/aromatic N) is 3. The lowest BCUT2D eigenvalue weighted by molar-refractivity contribution is 0.0978. The number of Topliss-reactive ketones (excluding diaryl/α,β-unsaturated/α-hetero) is 1. The number of allylic oxidation sites excluding steroid dienone is 1. The van der Waals surface area contributed by atoms with E-state index in [1.165, 1.54) is 11.3 Å². The second-order valence-corrected chi connectivity index (χ2v) is 6.88. The first-order chi connectivity index (χ1) is 12.1. The highest BCUT2D eigenvalue weighted by molar-refractivity contribution is 5.98. The average Bonchev–Trinajstić information content (AvgIpc) is 3.03. The van der Waals surface area contributed by atoms with Gasteiger partial charge in [0.15, 0.2) is 5.78 Å². The normalized spacial score (nSPS) is 18.1. The van der Waals surface area contributed by atoms with Gasteiger partial charge in [0.05, 0.1) is 12.8 Å². The predicted molar refractivity (Wildman–Crippen MR) is 98.1 cm³/mol. The summed E-state index contributed by atoms with van der Waals surface area (Å²) in [6.45, 7) is 3.94. The first kappa shape index (κ1) is 15.9. The number of hydrogen-bond donors (Lipinski definition) is 0. The Morgan fingerprint density at radius 1 is 1.16 bits per heavy atom. The topological polar surface area (TPSA) is 47.4 Å². The minimum Gasteiger partial charge on any atom is -0.497 e. The standard InChI is InChI=1S/C20H23N3O2/c1-14-11-19-20(24)12-16(13-23(19)21-14)15-7-9-22(10-8-15)17-3-5-18(25-2)6-4-17/h3-6,11,13,15H,7-10,12H2,1-2H3. The number of methoxy groups -OCH3 is 1. The van der Waals surface area contributed by atoms with Gasteiger partial charge in [-0.05, 0) is 61.6 Å². The van der Waals surface area contributed by atoms with Crippen molar-refractivity contribution in [2.75, 3.05) is 25.1 Å². The lowest BCUT2D eigenvalue weighted by atomic mass is 9.85. The molecule has 2 aromatic rings. The molecule has 1 saturated heterocycles. The van der Waals surface area contributed by atoms with Crippen LogP contribution in [0.4, 0.5) is 5.69 Å². The van der Waals surface area contributed by atoms with Crippen molar-refractivity contribution < 1.29 is 9.53 Å². The lowest BCUT2D eigenvalue weighted by Gasteiger charge is -2.35. The summed E-state index contributed by atoms with van der Waals surface area (Å²) in [6.07, 6.45) is 4.76. The van der Waals surface area contributed by atoms with Gasteiger partial charge in [-0.25, -0.2) is 4.68 Å². The third kappa shape index (κ3) is 3.06. The molecule has 0 radical (unpaired) electrons. The molecule has 0 bridgehead atoms. The van der Waals surface area contributed by atoms with Gasteiger partial charge in [0, 0.05) is 31.4 Å². The molecule has 2 aliphatic rings. The number of carbonyl (C=O) groups excluding carboxylic acids is 1. The van der Waals surface area contributed by atoms with E-state index in [4.69, 9.17) is 4.74 Å². The van der Waals surface area contributed by atoms with Crippen LogP contribution in [-0.2, 0) is 0 Å². The zero-order valence-electron chi connectivity index (χ0n) is 14.7. The van der Waals surface area contributed by atoms with E-state index in [1.54, 1.807) is 11.8 Å². The first-order valence-electron chi connectivity index (χ1n) is 8.83. The molecule has 0 aliphatic carbocycles. The van der Waals surface area contributed by atoms with Crippen LogP contribution >= 0.6 is 0 Å². The number of hydrogen-bond acceptors (Lipinski definition) is 4. The molecule has 0 atom stereocenters. The molecule has 25 heavy (non-hydrogen) atoms. The molecule has 4 rings (SSSR count). The SMILES string of the molecule is COc1ccc(N2CCC(C3=Cn4nc(C)cc4C(=O)C3)CC2)cc1. The number of aryl methyl sites for hydroxylation is 1. The van der Waals surface area contributed by atoms with Gasteiger partial charge in [-0.2, -0.15) is 5.10 Å². The highest BCUT2D eigenvalue weighted by atomic mass is 16.5. The summed E-state index contributed by atoms with van der Waals surface area (Å²) >= 11 is 0. The molecule has 0 unspecified atom stereocenters. The Hall–Kier alpha value is -2.56. The highest BCUT2D eigenvalue weighted by Crippen LogP contribution is 2.33. The maximum absolute atomic E-state index is 12.4. The maximum atomic E-state index is 12.4. The van der Waals surface area contributed by atoms with Gasteiger partial charge in [0.2, 0.25) is 0 Å². The summed E-state index contributed by atoms with van der Waals surface area (Å²) in [5, 5.41) is 4.42. The number of aromatic nitrogens is 2. The molecule has 2 aliphatic heterocycles. The van der Waals surface area contributed by atoms with Crippen molar-refractivity contribution in [2.45, 2.75) is 26.2 Å². The van der Waals surface area contributed by atoms with Crippen molar-refractivity contribution in [2.24, 2.45) is 5.92 Å². The van der Waals surface area contributed by atoms with Crippen LogP contribution in [0.1, 0.15) is 35.4 Å². The van der Waals surface area contributed by atoms with Crippen LogP contribution in [0, 0.1) is 12.8 Å². The fourth-order valence-corrected chi connectivity index (χ4v) is 3.85.